The molecular weight excluding hydrogens is 346 g/mol. The largest absolute Gasteiger partial charge is 0.352 e. The van der Waals surface area contributed by atoms with E-state index in [1.165, 1.54) is 10.4 Å². The van der Waals surface area contributed by atoms with Gasteiger partial charge in [-0.15, -0.1) is 23.7 Å². The molecule has 0 bridgehead atoms. The summed E-state index contributed by atoms with van der Waals surface area (Å²) in [6, 6.07) is 2.29. The maximum absolute atomic E-state index is 12.3. The normalized spacial score (nSPS) is 23.1. The van der Waals surface area contributed by atoms with Crippen molar-refractivity contribution in [2.75, 3.05) is 19.6 Å². The van der Waals surface area contributed by atoms with Gasteiger partial charge in [0.2, 0.25) is 11.8 Å². The molecule has 24 heavy (non-hydrogen) atoms. The van der Waals surface area contributed by atoms with Crippen LogP contribution in [-0.4, -0.2) is 42.4 Å². The summed E-state index contributed by atoms with van der Waals surface area (Å²) >= 11 is 1.77. The Hall–Kier alpha value is -1.11. The van der Waals surface area contributed by atoms with Crippen molar-refractivity contribution in [3.63, 3.8) is 0 Å². The number of carbonyl (C=O) groups excluding carboxylic acids is 2. The van der Waals surface area contributed by atoms with Crippen LogP contribution in [0.1, 0.15) is 36.6 Å². The zero-order valence-electron chi connectivity index (χ0n) is 14.0. The molecule has 1 aromatic rings. The maximum Gasteiger partial charge on any atom is 0.223 e. The number of nitrogens with one attached hydrogen (secondary N) is 2. The second kappa shape index (κ2) is 8.83. The lowest BCUT2D eigenvalue weighted by Gasteiger charge is -2.30. The third-order valence-corrected chi connectivity index (χ3v) is 5.92. The Labute approximate surface area is 153 Å². The van der Waals surface area contributed by atoms with Gasteiger partial charge in [0.05, 0.1) is 0 Å². The number of halogens is 1. The number of carbonyl (C=O) groups is 2. The average molecular weight is 372 g/mol. The molecule has 5 nitrogen and oxygen atoms in total. The van der Waals surface area contributed by atoms with E-state index in [1.807, 2.05) is 4.90 Å². The standard InChI is InChI=1S/C17H25N3O2S.ClH/c1-12-4-7-18-10-14(12)19-16(21)2-3-17(22)20-8-5-15-13(11-20)6-9-23-15;/h6,9,12,14,18H,2-5,7-8,10-11H2,1H3,(H,19,21);1H. The van der Waals surface area contributed by atoms with Gasteiger partial charge in [-0.25, -0.2) is 0 Å². The smallest absolute Gasteiger partial charge is 0.223 e. The Balaban J connectivity index is 0.00000208. The van der Waals surface area contributed by atoms with Crippen molar-refractivity contribution in [3.8, 4) is 0 Å². The molecule has 2 N–H and O–H groups in total. The van der Waals surface area contributed by atoms with E-state index < -0.39 is 0 Å². The molecule has 0 saturated carbocycles. The number of rotatable bonds is 4. The molecule has 0 aromatic carbocycles. The Kier molecular flexibility index (Phi) is 7.07. The van der Waals surface area contributed by atoms with E-state index in [-0.39, 0.29) is 36.7 Å². The molecule has 1 saturated heterocycles. The molecule has 3 rings (SSSR count). The first-order valence-electron chi connectivity index (χ1n) is 8.46. The molecule has 0 radical (unpaired) electrons. The molecule has 1 fully saturated rings. The van der Waals surface area contributed by atoms with E-state index in [0.717, 1.165) is 32.5 Å². The highest BCUT2D eigenvalue weighted by molar-refractivity contribution is 7.10. The second-order valence-electron chi connectivity index (χ2n) is 6.58. The van der Waals surface area contributed by atoms with Gasteiger partial charge in [0, 0.05) is 43.4 Å². The van der Waals surface area contributed by atoms with E-state index in [2.05, 4.69) is 29.0 Å². The minimum Gasteiger partial charge on any atom is -0.352 e. The summed E-state index contributed by atoms with van der Waals surface area (Å²) in [6.45, 7) is 5.49. The number of piperidine rings is 1. The van der Waals surface area contributed by atoms with Gasteiger partial charge in [-0.2, -0.15) is 0 Å². The lowest BCUT2D eigenvalue weighted by molar-refractivity contribution is -0.134. The van der Waals surface area contributed by atoms with Crippen molar-refractivity contribution in [1.82, 2.24) is 15.5 Å². The van der Waals surface area contributed by atoms with Gasteiger partial charge in [0.25, 0.3) is 0 Å². The number of hydrogen-bond acceptors (Lipinski definition) is 4. The molecule has 3 heterocycles. The van der Waals surface area contributed by atoms with Crippen molar-refractivity contribution in [3.05, 3.63) is 21.9 Å². The van der Waals surface area contributed by atoms with E-state index >= 15 is 0 Å². The van der Waals surface area contributed by atoms with Crippen molar-refractivity contribution >= 4 is 35.6 Å². The van der Waals surface area contributed by atoms with Crippen LogP contribution in [0.15, 0.2) is 11.4 Å². The number of amides is 2. The van der Waals surface area contributed by atoms with E-state index in [0.29, 0.717) is 18.9 Å². The molecule has 1 aromatic heterocycles. The fourth-order valence-electron chi connectivity index (χ4n) is 3.30. The number of hydrogen-bond donors (Lipinski definition) is 2. The summed E-state index contributed by atoms with van der Waals surface area (Å²) in [5, 5.41) is 8.46. The van der Waals surface area contributed by atoms with Crippen LogP contribution in [0, 0.1) is 5.92 Å². The lowest BCUT2D eigenvalue weighted by Crippen LogP contribution is -2.50. The van der Waals surface area contributed by atoms with Gasteiger partial charge in [-0.3, -0.25) is 9.59 Å². The predicted molar refractivity (Wildman–Crippen MR) is 98.5 cm³/mol. The van der Waals surface area contributed by atoms with Gasteiger partial charge in [0.1, 0.15) is 0 Å². The van der Waals surface area contributed by atoms with Crippen LogP contribution < -0.4 is 10.6 Å². The zero-order chi connectivity index (χ0) is 16.2. The SMILES string of the molecule is CC1CCNCC1NC(=O)CCC(=O)N1CCc2sccc2C1.Cl. The van der Waals surface area contributed by atoms with E-state index in [9.17, 15) is 9.59 Å². The van der Waals surface area contributed by atoms with Crippen LogP contribution >= 0.6 is 23.7 Å². The Morgan fingerprint density at radius 1 is 1.42 bits per heavy atom. The first-order valence-corrected chi connectivity index (χ1v) is 9.34. The topological polar surface area (TPSA) is 61.4 Å². The third-order valence-electron chi connectivity index (χ3n) is 4.90. The minimum absolute atomic E-state index is 0. The minimum atomic E-state index is -0.00729. The van der Waals surface area contributed by atoms with Crippen LogP contribution in [0.25, 0.3) is 0 Å². The Morgan fingerprint density at radius 3 is 3.04 bits per heavy atom. The molecular formula is C17H26ClN3O2S. The third kappa shape index (κ3) is 4.71. The van der Waals surface area contributed by atoms with E-state index in [1.54, 1.807) is 11.3 Å². The number of fused-ring (bicyclic) bond motifs is 1. The molecule has 7 heteroatoms. The molecule has 2 unspecified atom stereocenters. The highest BCUT2D eigenvalue weighted by Crippen LogP contribution is 2.24. The van der Waals surface area contributed by atoms with Crippen molar-refractivity contribution < 1.29 is 9.59 Å². The van der Waals surface area contributed by atoms with Crippen molar-refractivity contribution in [1.29, 1.82) is 0 Å². The highest BCUT2D eigenvalue weighted by Gasteiger charge is 2.24. The summed E-state index contributed by atoms with van der Waals surface area (Å²) in [5.41, 5.74) is 1.26. The first kappa shape index (κ1) is 19.2. The molecule has 2 amide bonds. The second-order valence-corrected chi connectivity index (χ2v) is 7.58. The summed E-state index contributed by atoms with van der Waals surface area (Å²) in [6.07, 6.45) is 2.62. The summed E-state index contributed by atoms with van der Waals surface area (Å²) in [7, 11) is 0. The fraction of sp³-hybridized carbons (Fsp3) is 0.647. The predicted octanol–water partition coefficient (Wildman–Crippen LogP) is 1.95. The van der Waals surface area contributed by atoms with Crippen LogP contribution in [0.4, 0.5) is 0 Å². The number of nitrogens with zero attached hydrogens (tertiary/aromatic N) is 1. The molecule has 2 atom stereocenters. The van der Waals surface area contributed by atoms with E-state index in [4.69, 9.17) is 0 Å². The highest BCUT2D eigenvalue weighted by atomic mass is 35.5. The summed E-state index contributed by atoms with van der Waals surface area (Å²) < 4.78 is 0. The maximum atomic E-state index is 12.3. The van der Waals surface area contributed by atoms with Gasteiger partial charge >= 0.3 is 0 Å². The molecule has 134 valence electrons. The van der Waals surface area contributed by atoms with Gasteiger partial charge in [-0.1, -0.05) is 6.92 Å². The first-order chi connectivity index (χ1) is 11.1. The lowest BCUT2D eigenvalue weighted by atomic mass is 9.94. The Morgan fingerprint density at radius 2 is 2.25 bits per heavy atom. The van der Waals surface area contributed by atoms with Crippen LogP contribution in [-0.2, 0) is 22.6 Å². The average Bonchev–Trinajstić information content (AvgIpc) is 3.02. The Bertz CT molecular complexity index is 578. The molecule has 2 aliphatic heterocycles. The molecule has 0 aliphatic carbocycles. The zero-order valence-corrected chi connectivity index (χ0v) is 15.7. The summed E-state index contributed by atoms with van der Waals surface area (Å²) in [4.78, 5) is 27.7. The molecule has 2 aliphatic rings. The van der Waals surface area contributed by atoms with Gasteiger partial charge in [-0.05, 0) is 42.3 Å². The van der Waals surface area contributed by atoms with Crippen LogP contribution in [0.2, 0.25) is 0 Å². The number of thiophene rings is 1. The van der Waals surface area contributed by atoms with Crippen LogP contribution in [0.3, 0.4) is 0 Å². The van der Waals surface area contributed by atoms with Crippen molar-refractivity contribution in [2.45, 2.75) is 45.2 Å². The van der Waals surface area contributed by atoms with Crippen molar-refractivity contribution in [2.24, 2.45) is 5.92 Å². The van der Waals surface area contributed by atoms with Crippen LogP contribution in [0.5, 0.6) is 0 Å². The van der Waals surface area contributed by atoms with Gasteiger partial charge in [0.15, 0.2) is 0 Å². The summed E-state index contributed by atoms with van der Waals surface area (Å²) in [5.74, 6) is 0.578. The molecule has 0 spiro atoms. The quantitative estimate of drug-likeness (QED) is 0.850. The monoisotopic (exact) mass is 371 g/mol. The van der Waals surface area contributed by atoms with Gasteiger partial charge < -0.3 is 15.5 Å². The fourth-order valence-corrected chi connectivity index (χ4v) is 4.19.